The molecular weight excluding hydrogens is 269 g/mol. The number of anilines is 1. The molecule has 0 saturated carbocycles. The standard InChI is InChI=1S/C14H13Cl2NO/c1-9-5-6-13(12(17)7-9)18-8-10-3-2-4-11(15)14(10)16/h2-7H,8,17H2,1H3. The lowest BCUT2D eigenvalue weighted by Gasteiger charge is -2.11. The summed E-state index contributed by atoms with van der Waals surface area (Å²) in [6.45, 7) is 2.32. The van der Waals surface area contributed by atoms with Gasteiger partial charge in [0.15, 0.2) is 0 Å². The average molecular weight is 282 g/mol. The van der Waals surface area contributed by atoms with Crippen molar-refractivity contribution < 1.29 is 4.74 Å². The molecule has 0 heterocycles. The van der Waals surface area contributed by atoms with E-state index in [0.29, 0.717) is 28.1 Å². The summed E-state index contributed by atoms with van der Waals surface area (Å²) in [5.74, 6) is 0.650. The quantitative estimate of drug-likeness (QED) is 0.843. The Kier molecular flexibility index (Phi) is 4.00. The topological polar surface area (TPSA) is 35.2 Å². The Morgan fingerprint density at radius 2 is 1.94 bits per heavy atom. The zero-order valence-electron chi connectivity index (χ0n) is 9.91. The molecule has 0 spiro atoms. The molecule has 94 valence electrons. The largest absolute Gasteiger partial charge is 0.487 e. The van der Waals surface area contributed by atoms with E-state index in [1.807, 2.05) is 37.3 Å². The number of nitrogen functional groups attached to an aromatic ring is 1. The molecule has 0 fully saturated rings. The number of hydrogen-bond donors (Lipinski definition) is 1. The van der Waals surface area contributed by atoms with Crippen LogP contribution >= 0.6 is 23.2 Å². The minimum absolute atomic E-state index is 0.340. The normalized spacial score (nSPS) is 10.4. The molecule has 2 aromatic carbocycles. The number of nitrogens with two attached hydrogens (primary N) is 1. The van der Waals surface area contributed by atoms with Crippen LogP contribution < -0.4 is 10.5 Å². The molecule has 2 nitrogen and oxygen atoms in total. The lowest BCUT2D eigenvalue weighted by Crippen LogP contribution is -1.99. The summed E-state index contributed by atoms with van der Waals surface area (Å²) in [5.41, 5.74) is 8.42. The van der Waals surface area contributed by atoms with Gasteiger partial charge in [0, 0.05) is 5.56 Å². The molecule has 0 amide bonds. The first-order valence-corrected chi connectivity index (χ1v) is 6.25. The van der Waals surface area contributed by atoms with Crippen molar-refractivity contribution in [3.05, 3.63) is 57.6 Å². The molecule has 0 aliphatic rings. The van der Waals surface area contributed by atoms with E-state index in [1.54, 1.807) is 6.07 Å². The maximum absolute atomic E-state index is 6.08. The number of benzene rings is 2. The van der Waals surface area contributed by atoms with Crippen LogP contribution in [0.2, 0.25) is 10.0 Å². The van der Waals surface area contributed by atoms with E-state index in [4.69, 9.17) is 33.7 Å². The molecular formula is C14H13Cl2NO. The highest BCUT2D eigenvalue weighted by Gasteiger charge is 2.06. The summed E-state index contributed by atoms with van der Waals surface area (Å²) >= 11 is 12.0. The molecule has 2 rings (SSSR count). The fourth-order valence-electron chi connectivity index (χ4n) is 1.61. The van der Waals surface area contributed by atoms with Gasteiger partial charge in [0.1, 0.15) is 12.4 Å². The Morgan fingerprint density at radius 1 is 1.17 bits per heavy atom. The minimum Gasteiger partial charge on any atom is -0.487 e. The van der Waals surface area contributed by atoms with Crippen molar-refractivity contribution in [1.29, 1.82) is 0 Å². The van der Waals surface area contributed by atoms with Gasteiger partial charge in [0.05, 0.1) is 15.7 Å². The molecule has 0 aliphatic carbocycles. The van der Waals surface area contributed by atoms with E-state index in [9.17, 15) is 0 Å². The van der Waals surface area contributed by atoms with Crippen LogP contribution in [-0.4, -0.2) is 0 Å². The van der Waals surface area contributed by atoms with E-state index >= 15 is 0 Å². The van der Waals surface area contributed by atoms with Gasteiger partial charge in [-0.05, 0) is 30.7 Å². The van der Waals surface area contributed by atoms with E-state index in [2.05, 4.69) is 0 Å². The van der Waals surface area contributed by atoms with Crippen LogP contribution in [0, 0.1) is 6.92 Å². The lowest BCUT2D eigenvalue weighted by molar-refractivity contribution is 0.308. The van der Waals surface area contributed by atoms with Crippen LogP contribution in [0.4, 0.5) is 5.69 Å². The third-order valence-corrected chi connectivity index (χ3v) is 3.44. The van der Waals surface area contributed by atoms with Crippen molar-refractivity contribution in [3.63, 3.8) is 0 Å². The van der Waals surface area contributed by atoms with Crippen molar-refractivity contribution in [2.45, 2.75) is 13.5 Å². The lowest BCUT2D eigenvalue weighted by atomic mass is 10.2. The van der Waals surface area contributed by atoms with E-state index in [1.165, 1.54) is 0 Å². The second kappa shape index (κ2) is 5.51. The molecule has 2 N–H and O–H groups in total. The third kappa shape index (κ3) is 2.89. The zero-order valence-corrected chi connectivity index (χ0v) is 11.4. The second-order valence-electron chi connectivity index (χ2n) is 4.04. The van der Waals surface area contributed by atoms with Crippen molar-refractivity contribution in [2.24, 2.45) is 0 Å². The summed E-state index contributed by atoms with van der Waals surface area (Å²) < 4.78 is 5.65. The minimum atomic E-state index is 0.340. The SMILES string of the molecule is Cc1ccc(OCc2cccc(Cl)c2Cl)c(N)c1. The zero-order chi connectivity index (χ0) is 13.1. The van der Waals surface area contributed by atoms with Crippen LogP contribution in [0.3, 0.4) is 0 Å². The van der Waals surface area contributed by atoms with Crippen molar-refractivity contribution >= 4 is 28.9 Å². The summed E-state index contributed by atoms with van der Waals surface area (Å²) in [7, 11) is 0. The molecule has 4 heteroatoms. The summed E-state index contributed by atoms with van der Waals surface area (Å²) in [6.07, 6.45) is 0. The van der Waals surface area contributed by atoms with Gasteiger partial charge in [-0.2, -0.15) is 0 Å². The van der Waals surface area contributed by atoms with E-state index in [0.717, 1.165) is 11.1 Å². The van der Waals surface area contributed by atoms with Crippen LogP contribution in [-0.2, 0) is 6.61 Å². The highest BCUT2D eigenvalue weighted by atomic mass is 35.5. The molecule has 18 heavy (non-hydrogen) atoms. The van der Waals surface area contributed by atoms with Crippen molar-refractivity contribution in [3.8, 4) is 5.75 Å². The molecule has 0 bridgehead atoms. The number of hydrogen-bond acceptors (Lipinski definition) is 2. The summed E-state index contributed by atoms with van der Waals surface area (Å²) in [5, 5.41) is 1.04. The fraction of sp³-hybridized carbons (Fsp3) is 0.143. The average Bonchev–Trinajstić information content (AvgIpc) is 2.33. The monoisotopic (exact) mass is 281 g/mol. The number of ether oxygens (including phenoxy) is 1. The molecule has 0 unspecified atom stereocenters. The smallest absolute Gasteiger partial charge is 0.142 e. The second-order valence-corrected chi connectivity index (χ2v) is 4.83. The predicted molar refractivity (Wildman–Crippen MR) is 76.4 cm³/mol. The van der Waals surface area contributed by atoms with Gasteiger partial charge in [-0.1, -0.05) is 41.4 Å². The Labute approximate surface area is 116 Å². The van der Waals surface area contributed by atoms with Crippen LogP contribution in [0.5, 0.6) is 5.75 Å². The highest BCUT2D eigenvalue weighted by Crippen LogP contribution is 2.28. The van der Waals surface area contributed by atoms with Gasteiger partial charge in [-0.25, -0.2) is 0 Å². The Balaban J connectivity index is 2.14. The van der Waals surface area contributed by atoms with Gasteiger partial charge in [0.25, 0.3) is 0 Å². The van der Waals surface area contributed by atoms with Crippen molar-refractivity contribution in [1.82, 2.24) is 0 Å². The Morgan fingerprint density at radius 3 is 2.67 bits per heavy atom. The van der Waals surface area contributed by atoms with Gasteiger partial charge in [-0.15, -0.1) is 0 Å². The predicted octanol–water partition coefficient (Wildman–Crippen LogP) is 4.46. The molecule has 0 aromatic heterocycles. The fourth-order valence-corrected chi connectivity index (χ4v) is 1.99. The van der Waals surface area contributed by atoms with E-state index < -0.39 is 0 Å². The van der Waals surface area contributed by atoms with Gasteiger partial charge in [0.2, 0.25) is 0 Å². The molecule has 0 saturated heterocycles. The first-order chi connectivity index (χ1) is 8.58. The molecule has 0 aliphatic heterocycles. The Bertz CT molecular complexity index is 570. The summed E-state index contributed by atoms with van der Waals surface area (Å²) in [4.78, 5) is 0. The third-order valence-electron chi connectivity index (χ3n) is 2.58. The van der Waals surface area contributed by atoms with Crippen LogP contribution in [0.15, 0.2) is 36.4 Å². The number of halogens is 2. The number of rotatable bonds is 3. The van der Waals surface area contributed by atoms with Crippen LogP contribution in [0.25, 0.3) is 0 Å². The van der Waals surface area contributed by atoms with Gasteiger partial charge in [-0.3, -0.25) is 0 Å². The Hall–Kier alpha value is -1.38. The highest BCUT2D eigenvalue weighted by molar-refractivity contribution is 6.42. The first-order valence-electron chi connectivity index (χ1n) is 5.50. The van der Waals surface area contributed by atoms with Crippen LogP contribution in [0.1, 0.15) is 11.1 Å². The number of aryl methyl sites for hydroxylation is 1. The van der Waals surface area contributed by atoms with Gasteiger partial charge < -0.3 is 10.5 Å². The maximum Gasteiger partial charge on any atom is 0.142 e. The van der Waals surface area contributed by atoms with Gasteiger partial charge >= 0.3 is 0 Å². The first kappa shape index (κ1) is 13.1. The maximum atomic E-state index is 6.08. The molecule has 0 atom stereocenters. The van der Waals surface area contributed by atoms with E-state index in [-0.39, 0.29) is 0 Å². The van der Waals surface area contributed by atoms with Crippen molar-refractivity contribution in [2.75, 3.05) is 5.73 Å². The molecule has 2 aromatic rings. The molecule has 0 radical (unpaired) electrons. The summed E-state index contributed by atoms with van der Waals surface area (Å²) in [6, 6.07) is 11.1.